The molecule has 9 heteroatoms. The van der Waals surface area contributed by atoms with Crippen molar-refractivity contribution in [3.63, 3.8) is 0 Å². The largest absolute Gasteiger partial charge is 0.420 e. The van der Waals surface area contributed by atoms with Gasteiger partial charge in [-0.05, 0) is 35.9 Å². The van der Waals surface area contributed by atoms with E-state index in [1.165, 1.54) is 48.8 Å². The number of aromatic nitrogens is 2. The van der Waals surface area contributed by atoms with Crippen molar-refractivity contribution in [2.75, 3.05) is 0 Å². The first-order valence-corrected chi connectivity index (χ1v) is 12.3. The van der Waals surface area contributed by atoms with Crippen molar-refractivity contribution in [1.82, 2.24) is 9.97 Å². The van der Waals surface area contributed by atoms with E-state index in [1.54, 1.807) is 12.2 Å². The lowest BCUT2D eigenvalue weighted by Gasteiger charge is -2.10. The maximum absolute atomic E-state index is 13.0. The number of rotatable bonds is 9. The van der Waals surface area contributed by atoms with Gasteiger partial charge >= 0.3 is 11.9 Å². The maximum atomic E-state index is 13.0. The summed E-state index contributed by atoms with van der Waals surface area (Å²) in [4.78, 5) is 46.1. The third-order valence-corrected chi connectivity index (χ3v) is 5.83. The second-order valence-electron chi connectivity index (χ2n) is 8.52. The first-order valence-electron chi connectivity index (χ1n) is 12.3. The Morgan fingerprint density at radius 2 is 1.40 bits per heavy atom. The number of hydrogen-bond acceptors (Lipinski definition) is 9. The van der Waals surface area contributed by atoms with E-state index < -0.39 is 11.9 Å². The second-order valence-corrected chi connectivity index (χ2v) is 8.52. The van der Waals surface area contributed by atoms with Crippen molar-refractivity contribution >= 4 is 23.8 Å². The third-order valence-electron chi connectivity index (χ3n) is 5.83. The van der Waals surface area contributed by atoms with Gasteiger partial charge in [-0.25, -0.2) is 9.59 Å². The summed E-state index contributed by atoms with van der Waals surface area (Å²) in [6, 6.07) is 19.6. The van der Waals surface area contributed by atoms with Crippen LogP contribution in [-0.4, -0.2) is 28.2 Å². The highest BCUT2D eigenvalue weighted by Gasteiger charge is 2.20. The summed E-state index contributed by atoms with van der Waals surface area (Å²) in [5, 5.41) is 19.2. The molecule has 2 aromatic heterocycles. The fraction of sp³-hybridized carbons (Fsp3) is 0. The van der Waals surface area contributed by atoms with Crippen LogP contribution in [0.25, 0.3) is 16.8 Å². The van der Waals surface area contributed by atoms with Crippen molar-refractivity contribution < 1.29 is 23.9 Å². The fourth-order valence-electron chi connectivity index (χ4n) is 3.81. The van der Waals surface area contributed by atoms with Gasteiger partial charge in [-0.1, -0.05) is 61.7 Å². The van der Waals surface area contributed by atoms with Crippen molar-refractivity contribution in [2.45, 2.75) is 0 Å². The summed E-state index contributed by atoms with van der Waals surface area (Å²) in [7, 11) is 0. The Bertz CT molecular complexity index is 1850. The molecule has 0 spiro atoms. The number of nitriles is 2. The van der Waals surface area contributed by atoms with E-state index in [2.05, 4.69) is 23.1 Å². The number of aldehydes is 1. The minimum absolute atomic E-state index is 0.00590. The van der Waals surface area contributed by atoms with Crippen LogP contribution in [0.2, 0.25) is 0 Å². The standard InChI is InChI=1S/C33H20N4O5/c1-3-8-22(4-2)28-14-26(16-34)30(18-36-28)41-32(39)24-11-21(20-38)12-25(13-24)33(40)42-31-19-37-29(15-27(31)17-35)23-9-6-5-7-10-23/h3-15,18-20H,1-2H2/b22-8+. The zero-order chi connectivity index (χ0) is 30.1. The highest BCUT2D eigenvalue weighted by atomic mass is 16.5. The molecular formula is C33H20N4O5. The molecule has 0 N–H and O–H groups in total. The van der Waals surface area contributed by atoms with Crippen LogP contribution in [0.15, 0.2) is 104 Å². The first-order chi connectivity index (χ1) is 20.4. The predicted molar refractivity (Wildman–Crippen MR) is 153 cm³/mol. The third kappa shape index (κ3) is 6.40. The van der Waals surface area contributed by atoms with Crippen LogP contribution >= 0.6 is 0 Å². The number of benzene rings is 2. The Labute approximate surface area is 240 Å². The summed E-state index contributed by atoms with van der Waals surface area (Å²) in [5.74, 6) is -2.11. The Balaban J connectivity index is 1.60. The molecule has 0 fully saturated rings. The molecule has 0 aliphatic carbocycles. The molecule has 9 nitrogen and oxygen atoms in total. The normalized spacial score (nSPS) is 10.5. The summed E-state index contributed by atoms with van der Waals surface area (Å²) >= 11 is 0. The topological polar surface area (TPSA) is 143 Å². The lowest BCUT2D eigenvalue weighted by molar-refractivity contribution is 0.0733. The van der Waals surface area contributed by atoms with E-state index in [-0.39, 0.29) is 39.3 Å². The van der Waals surface area contributed by atoms with Crippen LogP contribution < -0.4 is 9.47 Å². The molecule has 2 aromatic carbocycles. The highest BCUT2D eigenvalue weighted by molar-refractivity contribution is 5.99. The summed E-state index contributed by atoms with van der Waals surface area (Å²) in [6.45, 7) is 7.33. The second kappa shape index (κ2) is 13.1. The molecule has 0 radical (unpaired) electrons. The van der Waals surface area contributed by atoms with Crippen molar-refractivity contribution in [2.24, 2.45) is 0 Å². The Hall–Kier alpha value is -6.45. The van der Waals surface area contributed by atoms with Crippen molar-refractivity contribution in [3.05, 3.63) is 138 Å². The molecular weight excluding hydrogens is 532 g/mol. The molecule has 0 aliphatic rings. The Kier molecular flexibility index (Phi) is 8.89. The lowest BCUT2D eigenvalue weighted by atomic mass is 10.1. The number of esters is 2. The van der Waals surface area contributed by atoms with E-state index in [9.17, 15) is 24.9 Å². The minimum Gasteiger partial charge on any atom is -0.420 e. The molecule has 0 atom stereocenters. The zero-order valence-electron chi connectivity index (χ0n) is 22.0. The van der Waals surface area contributed by atoms with E-state index in [4.69, 9.17) is 9.47 Å². The lowest BCUT2D eigenvalue weighted by Crippen LogP contribution is -2.15. The summed E-state index contributed by atoms with van der Waals surface area (Å²) in [6.07, 6.45) is 7.64. The molecule has 0 aliphatic heterocycles. The number of carbonyl (C=O) groups is 3. The zero-order valence-corrected chi connectivity index (χ0v) is 22.0. The average molecular weight is 553 g/mol. The average Bonchev–Trinajstić information content (AvgIpc) is 3.04. The first kappa shape index (κ1) is 28.6. The van der Waals surface area contributed by atoms with Gasteiger partial charge in [0.25, 0.3) is 0 Å². The molecule has 0 saturated heterocycles. The highest BCUT2D eigenvalue weighted by Crippen LogP contribution is 2.26. The molecule has 0 amide bonds. The van der Waals surface area contributed by atoms with E-state index >= 15 is 0 Å². The van der Waals surface area contributed by atoms with E-state index in [0.717, 1.165) is 5.56 Å². The number of pyridine rings is 2. The van der Waals surface area contributed by atoms with Gasteiger partial charge in [0.15, 0.2) is 11.5 Å². The molecule has 42 heavy (non-hydrogen) atoms. The van der Waals surface area contributed by atoms with Crippen LogP contribution in [0.5, 0.6) is 11.5 Å². The van der Waals surface area contributed by atoms with Gasteiger partial charge in [0.05, 0.1) is 46.0 Å². The SMILES string of the molecule is C=C/C=C(\C=C)c1cc(C#N)c(OC(=O)c2cc(C=O)cc(C(=O)Oc3cnc(-c4ccccc4)cc3C#N)c2)cn1. The summed E-state index contributed by atoms with van der Waals surface area (Å²) < 4.78 is 10.8. The summed E-state index contributed by atoms with van der Waals surface area (Å²) in [5.41, 5.74) is 2.07. The minimum atomic E-state index is -0.948. The van der Waals surface area contributed by atoms with Gasteiger partial charge in [0.1, 0.15) is 18.4 Å². The van der Waals surface area contributed by atoms with Gasteiger partial charge < -0.3 is 9.47 Å². The Morgan fingerprint density at radius 1 is 0.810 bits per heavy atom. The van der Waals surface area contributed by atoms with Gasteiger partial charge in [-0.15, -0.1) is 0 Å². The van der Waals surface area contributed by atoms with E-state index in [1.807, 2.05) is 42.5 Å². The van der Waals surface area contributed by atoms with Gasteiger partial charge in [0.2, 0.25) is 0 Å². The quantitative estimate of drug-likeness (QED) is 0.141. The molecule has 4 rings (SSSR count). The number of carbonyl (C=O) groups excluding carboxylic acids is 3. The van der Waals surface area contributed by atoms with Crippen LogP contribution in [0.1, 0.15) is 47.9 Å². The Morgan fingerprint density at radius 3 is 1.95 bits per heavy atom. The molecule has 0 saturated carbocycles. The monoisotopic (exact) mass is 552 g/mol. The molecule has 0 bridgehead atoms. The van der Waals surface area contributed by atoms with Gasteiger partial charge in [-0.3, -0.25) is 14.8 Å². The molecule has 4 aromatic rings. The van der Waals surface area contributed by atoms with Crippen LogP contribution in [0, 0.1) is 22.7 Å². The van der Waals surface area contributed by atoms with Crippen LogP contribution in [0.4, 0.5) is 0 Å². The predicted octanol–water partition coefficient (Wildman–Crippen LogP) is 5.89. The molecule has 0 unspecified atom stereocenters. The van der Waals surface area contributed by atoms with Crippen molar-refractivity contribution in [1.29, 1.82) is 10.5 Å². The van der Waals surface area contributed by atoms with Gasteiger partial charge in [0, 0.05) is 11.1 Å². The maximum Gasteiger partial charge on any atom is 0.343 e. The smallest absolute Gasteiger partial charge is 0.343 e. The number of nitrogens with zero attached hydrogens (tertiary/aromatic N) is 4. The van der Waals surface area contributed by atoms with Gasteiger partial charge in [-0.2, -0.15) is 10.5 Å². The molecule has 202 valence electrons. The number of allylic oxidation sites excluding steroid dienone is 4. The fourth-order valence-corrected chi connectivity index (χ4v) is 3.81. The van der Waals surface area contributed by atoms with Crippen LogP contribution in [-0.2, 0) is 0 Å². The number of ether oxygens (including phenoxy) is 2. The number of hydrogen-bond donors (Lipinski definition) is 0. The van der Waals surface area contributed by atoms with Crippen LogP contribution in [0.3, 0.4) is 0 Å². The van der Waals surface area contributed by atoms with E-state index in [0.29, 0.717) is 23.2 Å². The molecule has 2 heterocycles. The van der Waals surface area contributed by atoms with Crippen molar-refractivity contribution in [3.8, 4) is 34.9 Å².